The van der Waals surface area contributed by atoms with Crippen molar-refractivity contribution in [1.82, 2.24) is 0 Å². The van der Waals surface area contributed by atoms with E-state index >= 15 is 0 Å². The Hall–Kier alpha value is 0.0200. The van der Waals surface area contributed by atoms with Crippen LogP contribution in [0.2, 0.25) is 0 Å². The minimum Gasteiger partial charge on any atom is -0.396 e. The van der Waals surface area contributed by atoms with Gasteiger partial charge in [-0.3, -0.25) is 0 Å². The molecule has 60 valence electrons. The van der Waals surface area contributed by atoms with E-state index in [0.717, 1.165) is 0 Å². The van der Waals surface area contributed by atoms with Crippen molar-refractivity contribution in [3.05, 3.63) is 0 Å². The zero-order chi connectivity index (χ0) is 7.82. The largest absolute Gasteiger partial charge is 0.396 e. The lowest BCUT2D eigenvalue weighted by atomic mass is 10.5. The molecule has 0 spiro atoms. The van der Waals surface area contributed by atoms with Crippen LogP contribution in [0.15, 0.2) is 0 Å². The van der Waals surface area contributed by atoms with Crippen LogP contribution in [0.25, 0.3) is 0 Å². The van der Waals surface area contributed by atoms with Crippen LogP contribution in [-0.4, -0.2) is 35.8 Å². The molecule has 0 fully saturated rings. The lowest BCUT2D eigenvalue weighted by Gasteiger charge is -1.85. The molecule has 3 nitrogen and oxygen atoms in total. The van der Waals surface area contributed by atoms with Crippen molar-refractivity contribution in [3.63, 3.8) is 0 Å². The molecular weight excluding hydrogens is 151 g/mol. The Morgan fingerprint density at radius 1 is 1.00 bits per heavy atom. The van der Waals surface area contributed by atoms with Gasteiger partial charge in [0.15, 0.2) is 0 Å². The van der Waals surface area contributed by atoms with Crippen molar-refractivity contribution in [2.45, 2.75) is 12.8 Å². The molecule has 0 aromatic carbocycles. The fraction of sp³-hybridized carbons (Fsp3) is 1.00. The summed E-state index contributed by atoms with van der Waals surface area (Å²) in [7, 11) is -1.16. The van der Waals surface area contributed by atoms with Gasteiger partial charge in [-0.2, -0.15) is 0 Å². The molecule has 0 aliphatic rings. The number of aliphatic hydroxyl groups excluding tert-OH is 2. The van der Waals surface area contributed by atoms with Gasteiger partial charge in [-0.15, -0.1) is 0 Å². The number of hydrogen-bond donors (Lipinski definition) is 2. The quantitative estimate of drug-likeness (QED) is 0.566. The normalized spacial score (nSPS) is 9.80. The molecular formula is C6H14O3P+. The Bertz CT molecular complexity index is 85.0. The Balaban J connectivity index is 3.09. The van der Waals surface area contributed by atoms with Gasteiger partial charge in [0.2, 0.25) is 0 Å². The first-order chi connectivity index (χ1) is 4.81. The molecule has 2 N–H and O–H groups in total. The minimum atomic E-state index is -1.16. The van der Waals surface area contributed by atoms with E-state index in [1.165, 1.54) is 0 Å². The van der Waals surface area contributed by atoms with E-state index < -0.39 is 7.80 Å². The zero-order valence-corrected chi connectivity index (χ0v) is 6.89. The highest BCUT2D eigenvalue weighted by molar-refractivity contribution is 7.44. The lowest BCUT2D eigenvalue weighted by Crippen LogP contribution is -1.90. The summed E-state index contributed by atoms with van der Waals surface area (Å²) in [5, 5.41) is 16.7. The van der Waals surface area contributed by atoms with Crippen molar-refractivity contribution in [2.24, 2.45) is 0 Å². The van der Waals surface area contributed by atoms with Crippen LogP contribution in [0.4, 0.5) is 0 Å². The molecule has 0 saturated carbocycles. The van der Waals surface area contributed by atoms with Crippen LogP contribution in [0, 0.1) is 0 Å². The summed E-state index contributed by atoms with van der Waals surface area (Å²) in [4.78, 5) is 0. The maximum absolute atomic E-state index is 10.9. The zero-order valence-electron chi connectivity index (χ0n) is 5.99. The number of rotatable bonds is 6. The molecule has 0 bridgehead atoms. The molecule has 10 heavy (non-hydrogen) atoms. The summed E-state index contributed by atoms with van der Waals surface area (Å²) < 4.78 is 10.9. The van der Waals surface area contributed by atoms with Gasteiger partial charge in [-0.1, -0.05) is 4.57 Å². The first-order valence-electron chi connectivity index (χ1n) is 3.45. The second-order valence-corrected chi connectivity index (χ2v) is 3.94. The highest BCUT2D eigenvalue weighted by atomic mass is 31.1. The van der Waals surface area contributed by atoms with E-state index in [1.807, 2.05) is 0 Å². The second kappa shape index (κ2) is 7.13. The van der Waals surface area contributed by atoms with Crippen LogP contribution in [-0.2, 0) is 4.57 Å². The molecule has 0 aliphatic carbocycles. The topological polar surface area (TPSA) is 57.5 Å². The highest BCUT2D eigenvalue weighted by Gasteiger charge is 2.12. The van der Waals surface area contributed by atoms with Crippen molar-refractivity contribution in [3.8, 4) is 0 Å². The summed E-state index contributed by atoms with van der Waals surface area (Å²) in [6.45, 7) is 0.223. The molecule has 0 unspecified atom stereocenters. The highest BCUT2D eigenvalue weighted by Crippen LogP contribution is 2.21. The van der Waals surface area contributed by atoms with E-state index in [-0.39, 0.29) is 13.2 Å². The Morgan fingerprint density at radius 3 is 1.70 bits per heavy atom. The lowest BCUT2D eigenvalue weighted by molar-refractivity contribution is 0.293. The van der Waals surface area contributed by atoms with Crippen LogP contribution in [0.5, 0.6) is 0 Å². The molecule has 0 aliphatic heterocycles. The van der Waals surface area contributed by atoms with Gasteiger partial charge in [0, 0.05) is 26.1 Å². The van der Waals surface area contributed by atoms with Gasteiger partial charge in [0.1, 0.15) is 12.3 Å². The van der Waals surface area contributed by atoms with Crippen molar-refractivity contribution < 1.29 is 14.8 Å². The number of hydrogen-bond acceptors (Lipinski definition) is 3. The Kier molecular flexibility index (Phi) is 7.15. The molecule has 0 radical (unpaired) electrons. The van der Waals surface area contributed by atoms with E-state index in [0.29, 0.717) is 25.2 Å². The second-order valence-electron chi connectivity index (χ2n) is 2.08. The fourth-order valence-electron chi connectivity index (χ4n) is 0.606. The van der Waals surface area contributed by atoms with E-state index in [2.05, 4.69) is 0 Å². The predicted octanol–water partition coefficient (Wildman–Crippen LogP) is 0.579. The summed E-state index contributed by atoms with van der Waals surface area (Å²) in [6, 6.07) is 0. The average Bonchev–Trinajstić information content (AvgIpc) is 1.97. The molecule has 0 saturated heterocycles. The van der Waals surface area contributed by atoms with Gasteiger partial charge < -0.3 is 10.2 Å². The standard InChI is InChI=1S/C6H14O3P/c7-3-1-5-10(9)6-2-4-8/h7-8H,1-6H2/q+1. The molecule has 4 heteroatoms. The summed E-state index contributed by atoms with van der Waals surface area (Å²) >= 11 is 0. The van der Waals surface area contributed by atoms with E-state index in [9.17, 15) is 4.57 Å². The van der Waals surface area contributed by atoms with Crippen molar-refractivity contribution >= 4 is 7.80 Å². The van der Waals surface area contributed by atoms with Crippen molar-refractivity contribution in [1.29, 1.82) is 0 Å². The first-order valence-corrected chi connectivity index (χ1v) is 5.08. The molecule has 0 aromatic heterocycles. The summed E-state index contributed by atoms with van der Waals surface area (Å²) in [5.41, 5.74) is 0. The monoisotopic (exact) mass is 165 g/mol. The van der Waals surface area contributed by atoms with Crippen LogP contribution >= 0.6 is 7.80 Å². The van der Waals surface area contributed by atoms with Crippen molar-refractivity contribution in [2.75, 3.05) is 25.5 Å². The molecule has 0 atom stereocenters. The van der Waals surface area contributed by atoms with Gasteiger partial charge in [0.25, 0.3) is 0 Å². The van der Waals surface area contributed by atoms with Crippen LogP contribution < -0.4 is 0 Å². The maximum atomic E-state index is 10.9. The number of aliphatic hydroxyl groups is 2. The van der Waals surface area contributed by atoms with Gasteiger partial charge >= 0.3 is 7.80 Å². The summed E-state index contributed by atoms with van der Waals surface area (Å²) in [5.74, 6) is 0. The Morgan fingerprint density at radius 2 is 1.40 bits per heavy atom. The smallest absolute Gasteiger partial charge is 0.338 e. The Labute approximate surface area is 61.9 Å². The van der Waals surface area contributed by atoms with E-state index in [4.69, 9.17) is 10.2 Å². The third-order valence-corrected chi connectivity index (χ3v) is 2.76. The third kappa shape index (κ3) is 6.14. The van der Waals surface area contributed by atoms with Crippen LogP contribution in [0.3, 0.4) is 0 Å². The van der Waals surface area contributed by atoms with Gasteiger partial charge in [-0.25, -0.2) is 0 Å². The summed E-state index contributed by atoms with van der Waals surface area (Å²) in [6.07, 6.45) is 2.40. The fourth-order valence-corrected chi connectivity index (χ4v) is 1.82. The van der Waals surface area contributed by atoms with Gasteiger partial charge in [0.05, 0.1) is 0 Å². The molecule has 0 amide bonds. The average molecular weight is 165 g/mol. The third-order valence-electron chi connectivity index (χ3n) is 1.13. The van der Waals surface area contributed by atoms with Crippen LogP contribution in [0.1, 0.15) is 12.8 Å². The first kappa shape index (κ1) is 10.0. The molecule has 0 heterocycles. The molecule has 0 rings (SSSR count). The maximum Gasteiger partial charge on any atom is 0.338 e. The van der Waals surface area contributed by atoms with E-state index in [1.54, 1.807) is 0 Å². The SMILES string of the molecule is O=[P+](CCCO)CCCO. The van der Waals surface area contributed by atoms with Gasteiger partial charge in [-0.05, 0) is 0 Å². The predicted molar refractivity (Wildman–Crippen MR) is 40.7 cm³/mol. The minimum absolute atomic E-state index is 0.111. The molecule has 0 aromatic rings.